The standard InChI is InChI=1S/C6H14N2.C2H6/c1-7-6-3-4-8(2)5-6;1-2/h6-7H,3-5H2,1-2H3;1-2H3/t6-;/m0./s1. The first-order valence-electron chi connectivity index (χ1n) is 4.18. The van der Waals surface area contributed by atoms with Gasteiger partial charge < -0.3 is 10.2 Å². The average Bonchev–Trinajstić information content (AvgIpc) is 2.40. The first-order chi connectivity index (χ1) is 4.83. The van der Waals surface area contributed by atoms with Crippen LogP contribution in [0.2, 0.25) is 0 Å². The molecule has 1 rings (SSSR count). The van der Waals surface area contributed by atoms with Crippen molar-refractivity contribution in [3.8, 4) is 0 Å². The number of hydrogen-bond donors (Lipinski definition) is 1. The van der Waals surface area contributed by atoms with Gasteiger partial charge in [0.05, 0.1) is 0 Å². The Morgan fingerprint density at radius 2 is 2.00 bits per heavy atom. The van der Waals surface area contributed by atoms with Crippen LogP contribution in [-0.4, -0.2) is 38.1 Å². The molecule has 1 N–H and O–H groups in total. The van der Waals surface area contributed by atoms with Crippen LogP contribution in [-0.2, 0) is 0 Å². The summed E-state index contributed by atoms with van der Waals surface area (Å²) >= 11 is 0. The zero-order valence-corrected chi connectivity index (χ0v) is 7.65. The van der Waals surface area contributed by atoms with E-state index in [1.54, 1.807) is 0 Å². The summed E-state index contributed by atoms with van der Waals surface area (Å²) in [4.78, 5) is 2.35. The van der Waals surface area contributed by atoms with Crippen LogP contribution >= 0.6 is 0 Å². The van der Waals surface area contributed by atoms with E-state index in [0.29, 0.717) is 0 Å². The van der Waals surface area contributed by atoms with Gasteiger partial charge in [0, 0.05) is 12.6 Å². The van der Waals surface area contributed by atoms with Crippen molar-refractivity contribution in [3.05, 3.63) is 0 Å². The molecule has 0 bridgehead atoms. The molecule has 10 heavy (non-hydrogen) atoms. The van der Waals surface area contributed by atoms with Crippen molar-refractivity contribution in [1.82, 2.24) is 10.2 Å². The maximum absolute atomic E-state index is 3.25. The molecule has 1 fully saturated rings. The van der Waals surface area contributed by atoms with Crippen molar-refractivity contribution >= 4 is 0 Å². The summed E-state index contributed by atoms with van der Waals surface area (Å²) in [7, 11) is 4.20. The minimum Gasteiger partial charge on any atom is -0.316 e. The third kappa shape index (κ3) is 3.18. The Bertz CT molecular complexity index is 73.7. The highest BCUT2D eigenvalue weighted by Crippen LogP contribution is 2.04. The van der Waals surface area contributed by atoms with Crippen molar-refractivity contribution in [1.29, 1.82) is 0 Å². The Hall–Kier alpha value is -0.0800. The number of hydrogen-bond acceptors (Lipinski definition) is 2. The molecular formula is C8H20N2. The van der Waals surface area contributed by atoms with Crippen molar-refractivity contribution in [3.63, 3.8) is 0 Å². The van der Waals surface area contributed by atoms with Crippen LogP contribution in [0.4, 0.5) is 0 Å². The highest BCUT2D eigenvalue weighted by atomic mass is 15.2. The topological polar surface area (TPSA) is 15.3 Å². The number of likely N-dealkylation sites (N-methyl/N-ethyl adjacent to an activating group) is 2. The van der Waals surface area contributed by atoms with Crippen LogP contribution in [0.1, 0.15) is 20.3 Å². The molecule has 1 aliphatic heterocycles. The highest BCUT2D eigenvalue weighted by molar-refractivity contribution is 4.76. The molecule has 1 heterocycles. The van der Waals surface area contributed by atoms with E-state index in [0.717, 1.165) is 6.04 Å². The fourth-order valence-corrected chi connectivity index (χ4v) is 1.17. The normalized spacial score (nSPS) is 25.8. The van der Waals surface area contributed by atoms with Gasteiger partial charge in [0.15, 0.2) is 0 Å². The Morgan fingerprint density at radius 1 is 1.40 bits per heavy atom. The van der Waals surface area contributed by atoms with Crippen LogP contribution in [0.3, 0.4) is 0 Å². The van der Waals surface area contributed by atoms with Gasteiger partial charge in [0.25, 0.3) is 0 Å². The number of nitrogens with one attached hydrogen (secondary N) is 1. The zero-order valence-electron chi connectivity index (χ0n) is 7.65. The predicted octanol–water partition coefficient (Wildman–Crippen LogP) is 0.936. The monoisotopic (exact) mass is 144 g/mol. The third-order valence-corrected chi connectivity index (χ3v) is 1.80. The Morgan fingerprint density at radius 3 is 2.20 bits per heavy atom. The molecule has 0 radical (unpaired) electrons. The number of likely N-dealkylation sites (tertiary alicyclic amines) is 1. The summed E-state index contributed by atoms with van der Waals surface area (Å²) in [6.45, 7) is 6.47. The second kappa shape index (κ2) is 5.69. The first-order valence-corrected chi connectivity index (χ1v) is 4.18. The van der Waals surface area contributed by atoms with Crippen molar-refractivity contribution < 1.29 is 0 Å². The Labute approximate surface area is 64.6 Å². The van der Waals surface area contributed by atoms with Crippen LogP contribution in [0.5, 0.6) is 0 Å². The summed E-state index contributed by atoms with van der Waals surface area (Å²) in [5.74, 6) is 0. The lowest BCUT2D eigenvalue weighted by molar-refractivity contribution is 0.403. The molecule has 0 saturated carbocycles. The van der Waals surface area contributed by atoms with Crippen molar-refractivity contribution in [2.24, 2.45) is 0 Å². The maximum Gasteiger partial charge on any atom is 0.0204 e. The van der Waals surface area contributed by atoms with E-state index in [9.17, 15) is 0 Å². The second-order valence-electron chi connectivity index (χ2n) is 2.54. The smallest absolute Gasteiger partial charge is 0.0204 e. The molecule has 0 spiro atoms. The zero-order chi connectivity index (χ0) is 7.98. The molecular weight excluding hydrogens is 124 g/mol. The quantitative estimate of drug-likeness (QED) is 0.589. The minimum atomic E-state index is 0.750. The van der Waals surface area contributed by atoms with Gasteiger partial charge in [-0.15, -0.1) is 0 Å². The van der Waals surface area contributed by atoms with E-state index < -0.39 is 0 Å². The average molecular weight is 144 g/mol. The van der Waals surface area contributed by atoms with Gasteiger partial charge in [0.1, 0.15) is 0 Å². The van der Waals surface area contributed by atoms with E-state index in [1.807, 2.05) is 20.9 Å². The molecule has 0 aromatic heterocycles. The highest BCUT2D eigenvalue weighted by Gasteiger charge is 2.16. The molecule has 0 unspecified atom stereocenters. The number of rotatable bonds is 1. The summed E-state index contributed by atoms with van der Waals surface area (Å²) in [5, 5.41) is 3.25. The molecule has 0 aliphatic carbocycles. The molecule has 2 heteroatoms. The summed E-state index contributed by atoms with van der Waals surface area (Å²) in [6.07, 6.45) is 1.31. The summed E-state index contributed by atoms with van der Waals surface area (Å²) in [5.41, 5.74) is 0. The van der Waals surface area contributed by atoms with E-state index in [1.165, 1.54) is 19.5 Å². The van der Waals surface area contributed by atoms with Crippen LogP contribution in [0.25, 0.3) is 0 Å². The Kier molecular flexibility index (Phi) is 5.64. The Balaban J connectivity index is 0.000000371. The van der Waals surface area contributed by atoms with E-state index in [-0.39, 0.29) is 0 Å². The maximum atomic E-state index is 3.25. The fraction of sp³-hybridized carbons (Fsp3) is 1.00. The second-order valence-corrected chi connectivity index (χ2v) is 2.54. The SMILES string of the molecule is CC.CN[C@H]1CCN(C)C1. The molecule has 1 atom stereocenters. The van der Waals surface area contributed by atoms with Crippen molar-refractivity contribution in [2.75, 3.05) is 27.2 Å². The van der Waals surface area contributed by atoms with Crippen molar-refractivity contribution in [2.45, 2.75) is 26.3 Å². The van der Waals surface area contributed by atoms with Gasteiger partial charge >= 0.3 is 0 Å². The van der Waals surface area contributed by atoms with E-state index in [2.05, 4.69) is 17.3 Å². The lowest BCUT2D eigenvalue weighted by Gasteiger charge is -2.07. The molecule has 0 aromatic rings. The van der Waals surface area contributed by atoms with E-state index in [4.69, 9.17) is 0 Å². The van der Waals surface area contributed by atoms with Gasteiger partial charge in [-0.1, -0.05) is 13.8 Å². The third-order valence-electron chi connectivity index (χ3n) is 1.80. The molecule has 2 nitrogen and oxygen atoms in total. The summed E-state index contributed by atoms with van der Waals surface area (Å²) in [6, 6.07) is 0.750. The molecule has 0 aromatic carbocycles. The first kappa shape index (κ1) is 9.92. The lowest BCUT2D eigenvalue weighted by Crippen LogP contribution is -2.27. The van der Waals surface area contributed by atoms with Gasteiger partial charge in [0.2, 0.25) is 0 Å². The van der Waals surface area contributed by atoms with Gasteiger partial charge in [-0.25, -0.2) is 0 Å². The molecule has 0 amide bonds. The fourth-order valence-electron chi connectivity index (χ4n) is 1.17. The van der Waals surface area contributed by atoms with Crippen LogP contribution in [0.15, 0.2) is 0 Å². The molecule has 1 aliphatic rings. The minimum absolute atomic E-state index is 0.750. The van der Waals surface area contributed by atoms with Crippen LogP contribution < -0.4 is 5.32 Å². The van der Waals surface area contributed by atoms with Gasteiger partial charge in [-0.3, -0.25) is 0 Å². The summed E-state index contributed by atoms with van der Waals surface area (Å²) < 4.78 is 0. The van der Waals surface area contributed by atoms with Gasteiger partial charge in [-0.2, -0.15) is 0 Å². The largest absolute Gasteiger partial charge is 0.316 e. The molecule has 62 valence electrons. The van der Waals surface area contributed by atoms with Gasteiger partial charge in [-0.05, 0) is 27.1 Å². The molecule has 1 saturated heterocycles. The lowest BCUT2D eigenvalue weighted by atomic mass is 10.3. The predicted molar refractivity (Wildman–Crippen MR) is 46.3 cm³/mol. The van der Waals surface area contributed by atoms with E-state index >= 15 is 0 Å². The number of nitrogens with zero attached hydrogens (tertiary/aromatic N) is 1. The van der Waals surface area contributed by atoms with Crippen LogP contribution in [0, 0.1) is 0 Å².